The molecule has 0 atom stereocenters. The molecular weight excluding hydrogens is 146 g/mol. The normalized spacial score (nSPS) is 9.67. The molecule has 1 nitrogen and oxygen atoms in total. The summed E-state index contributed by atoms with van der Waals surface area (Å²) in [6.07, 6.45) is 5.89. The molecule has 1 aromatic rings. The molecule has 0 aliphatic carbocycles. The Morgan fingerprint density at radius 2 is 1.83 bits per heavy atom. The van der Waals surface area contributed by atoms with Gasteiger partial charge < -0.3 is 5.41 Å². The van der Waals surface area contributed by atoms with E-state index in [0.717, 1.165) is 19.3 Å². The van der Waals surface area contributed by atoms with Crippen molar-refractivity contribution in [3.8, 4) is 0 Å². The van der Waals surface area contributed by atoms with E-state index >= 15 is 0 Å². The lowest BCUT2D eigenvalue weighted by atomic mass is 10.1. The molecular formula is C11H15N. The summed E-state index contributed by atoms with van der Waals surface area (Å²) in [5.41, 5.74) is 1.41. The van der Waals surface area contributed by atoms with E-state index in [1.807, 2.05) is 6.07 Å². The van der Waals surface area contributed by atoms with Crippen LogP contribution in [0, 0.1) is 5.41 Å². The van der Waals surface area contributed by atoms with Crippen LogP contribution in [0.3, 0.4) is 0 Å². The van der Waals surface area contributed by atoms with E-state index in [1.165, 1.54) is 18.2 Å². The van der Waals surface area contributed by atoms with Crippen LogP contribution < -0.4 is 0 Å². The van der Waals surface area contributed by atoms with E-state index in [9.17, 15) is 0 Å². The molecule has 0 unspecified atom stereocenters. The number of rotatable bonds is 5. The first kappa shape index (κ1) is 8.98. The van der Waals surface area contributed by atoms with Crippen molar-refractivity contribution in [3.63, 3.8) is 0 Å². The van der Waals surface area contributed by atoms with Crippen molar-refractivity contribution < 1.29 is 0 Å². The summed E-state index contributed by atoms with van der Waals surface area (Å²) in [6, 6.07) is 10.5. The van der Waals surface area contributed by atoms with Crippen LogP contribution in [0.15, 0.2) is 30.3 Å². The summed E-state index contributed by atoms with van der Waals surface area (Å²) < 4.78 is 0. The molecule has 1 heteroatoms. The minimum atomic E-state index is 0.923. The number of unbranched alkanes of at least 4 members (excludes halogenated alkanes) is 2. The lowest BCUT2D eigenvalue weighted by molar-refractivity contribution is 0.765. The Balaban J connectivity index is 2.20. The second-order valence-electron chi connectivity index (χ2n) is 2.94. The molecule has 0 aromatic heterocycles. The number of benzene rings is 1. The highest BCUT2D eigenvalue weighted by atomic mass is 14.3. The Bertz CT molecular complexity index is 216. The molecule has 0 fully saturated rings. The van der Waals surface area contributed by atoms with Crippen LogP contribution in [-0.4, -0.2) is 6.21 Å². The maximum absolute atomic E-state index is 6.86. The van der Waals surface area contributed by atoms with Crippen molar-refractivity contribution in [2.75, 3.05) is 0 Å². The highest BCUT2D eigenvalue weighted by molar-refractivity contribution is 5.52. The van der Waals surface area contributed by atoms with Crippen molar-refractivity contribution in [2.24, 2.45) is 0 Å². The quantitative estimate of drug-likeness (QED) is 0.507. The van der Waals surface area contributed by atoms with Crippen molar-refractivity contribution in [1.82, 2.24) is 0 Å². The predicted molar refractivity (Wildman–Crippen MR) is 52.8 cm³/mol. The smallest absolute Gasteiger partial charge is 0.00477 e. The van der Waals surface area contributed by atoms with Gasteiger partial charge in [-0.15, -0.1) is 0 Å². The Morgan fingerprint density at radius 3 is 2.50 bits per heavy atom. The average Bonchev–Trinajstić information content (AvgIpc) is 2.14. The van der Waals surface area contributed by atoms with Crippen LogP contribution in [0.2, 0.25) is 0 Å². The molecule has 0 radical (unpaired) electrons. The fourth-order valence-electron chi connectivity index (χ4n) is 1.22. The van der Waals surface area contributed by atoms with Crippen LogP contribution in [0.1, 0.15) is 24.8 Å². The Morgan fingerprint density at radius 1 is 1.08 bits per heavy atom. The van der Waals surface area contributed by atoms with E-state index in [4.69, 9.17) is 5.41 Å². The lowest BCUT2D eigenvalue weighted by Gasteiger charge is -1.98. The van der Waals surface area contributed by atoms with Crippen molar-refractivity contribution in [1.29, 1.82) is 5.41 Å². The molecule has 1 aromatic carbocycles. The zero-order valence-corrected chi connectivity index (χ0v) is 7.29. The van der Waals surface area contributed by atoms with Gasteiger partial charge in [-0.1, -0.05) is 30.3 Å². The van der Waals surface area contributed by atoms with Gasteiger partial charge in [0.1, 0.15) is 0 Å². The van der Waals surface area contributed by atoms with Gasteiger partial charge in [0.15, 0.2) is 0 Å². The maximum atomic E-state index is 6.86. The maximum Gasteiger partial charge on any atom is -0.00477 e. The summed E-state index contributed by atoms with van der Waals surface area (Å²) in [5, 5.41) is 6.86. The molecule has 1 rings (SSSR count). The van der Waals surface area contributed by atoms with Crippen LogP contribution >= 0.6 is 0 Å². The fraction of sp³-hybridized carbons (Fsp3) is 0.364. The number of aryl methyl sites for hydroxylation is 1. The van der Waals surface area contributed by atoms with E-state index in [0.29, 0.717) is 0 Å². The van der Waals surface area contributed by atoms with Gasteiger partial charge in [-0.05, 0) is 37.5 Å². The first-order chi connectivity index (χ1) is 5.93. The lowest BCUT2D eigenvalue weighted by Crippen LogP contribution is -1.84. The minimum absolute atomic E-state index is 0.923. The molecule has 0 bridgehead atoms. The van der Waals surface area contributed by atoms with Gasteiger partial charge in [0.2, 0.25) is 0 Å². The van der Waals surface area contributed by atoms with Gasteiger partial charge in [0.25, 0.3) is 0 Å². The van der Waals surface area contributed by atoms with Gasteiger partial charge in [-0.25, -0.2) is 0 Å². The fourth-order valence-corrected chi connectivity index (χ4v) is 1.22. The van der Waals surface area contributed by atoms with Gasteiger partial charge in [0, 0.05) is 0 Å². The minimum Gasteiger partial charge on any atom is -0.313 e. The molecule has 0 saturated heterocycles. The molecule has 0 spiro atoms. The standard InChI is InChI=1S/C11H15N/c12-10-6-2-5-9-11-7-3-1-4-8-11/h1,3-4,7-8,10,12H,2,5-6,9H2. The van der Waals surface area contributed by atoms with Gasteiger partial charge >= 0.3 is 0 Å². The van der Waals surface area contributed by atoms with Crippen LogP contribution in [-0.2, 0) is 6.42 Å². The topological polar surface area (TPSA) is 23.9 Å². The summed E-state index contributed by atoms with van der Waals surface area (Å²) in [5.74, 6) is 0. The van der Waals surface area contributed by atoms with Gasteiger partial charge in [0.05, 0.1) is 0 Å². The predicted octanol–water partition coefficient (Wildman–Crippen LogP) is 3.05. The molecule has 12 heavy (non-hydrogen) atoms. The molecule has 0 aliphatic rings. The van der Waals surface area contributed by atoms with Crippen molar-refractivity contribution >= 4 is 6.21 Å². The monoisotopic (exact) mass is 161 g/mol. The average molecular weight is 161 g/mol. The van der Waals surface area contributed by atoms with Crippen LogP contribution in [0.5, 0.6) is 0 Å². The number of hydrogen-bond acceptors (Lipinski definition) is 1. The summed E-state index contributed by atoms with van der Waals surface area (Å²) in [6.45, 7) is 0. The van der Waals surface area contributed by atoms with E-state index in [1.54, 1.807) is 0 Å². The van der Waals surface area contributed by atoms with Crippen LogP contribution in [0.4, 0.5) is 0 Å². The second-order valence-corrected chi connectivity index (χ2v) is 2.94. The SMILES string of the molecule is N=CCCCCc1ccccc1. The highest BCUT2D eigenvalue weighted by Gasteiger charge is 1.90. The summed E-state index contributed by atoms with van der Waals surface area (Å²) in [7, 11) is 0. The molecule has 64 valence electrons. The second kappa shape index (κ2) is 5.53. The third-order valence-corrected chi connectivity index (χ3v) is 1.91. The number of nitrogens with one attached hydrogen (secondary N) is 1. The number of hydrogen-bond donors (Lipinski definition) is 1. The zero-order chi connectivity index (χ0) is 8.65. The van der Waals surface area contributed by atoms with Gasteiger partial charge in [-0.2, -0.15) is 0 Å². The Labute approximate surface area is 73.9 Å². The van der Waals surface area contributed by atoms with Crippen LogP contribution in [0.25, 0.3) is 0 Å². The largest absolute Gasteiger partial charge is 0.313 e. The molecule has 0 heterocycles. The first-order valence-corrected chi connectivity index (χ1v) is 4.46. The highest BCUT2D eigenvalue weighted by Crippen LogP contribution is 2.04. The zero-order valence-electron chi connectivity index (χ0n) is 7.29. The summed E-state index contributed by atoms with van der Waals surface area (Å²) in [4.78, 5) is 0. The third kappa shape index (κ3) is 3.33. The van der Waals surface area contributed by atoms with E-state index in [-0.39, 0.29) is 0 Å². The molecule has 0 amide bonds. The van der Waals surface area contributed by atoms with Crippen molar-refractivity contribution in [3.05, 3.63) is 35.9 Å². The molecule has 0 saturated carbocycles. The third-order valence-electron chi connectivity index (χ3n) is 1.91. The Kier molecular flexibility index (Phi) is 4.14. The molecule has 0 aliphatic heterocycles. The Hall–Kier alpha value is -1.11. The van der Waals surface area contributed by atoms with E-state index in [2.05, 4.69) is 24.3 Å². The van der Waals surface area contributed by atoms with Crippen molar-refractivity contribution in [2.45, 2.75) is 25.7 Å². The van der Waals surface area contributed by atoms with Gasteiger partial charge in [-0.3, -0.25) is 0 Å². The first-order valence-electron chi connectivity index (χ1n) is 4.46. The van der Waals surface area contributed by atoms with E-state index < -0.39 is 0 Å². The summed E-state index contributed by atoms with van der Waals surface area (Å²) >= 11 is 0. The molecule has 1 N–H and O–H groups in total.